The molecule has 0 unspecified atom stereocenters. The third kappa shape index (κ3) is 6.30. The second kappa shape index (κ2) is 9.06. The van der Waals surface area contributed by atoms with Crippen LogP contribution in [-0.2, 0) is 21.2 Å². The van der Waals surface area contributed by atoms with Gasteiger partial charge in [0.15, 0.2) is 5.13 Å². The van der Waals surface area contributed by atoms with Crippen molar-refractivity contribution in [3.05, 3.63) is 59.5 Å². The summed E-state index contributed by atoms with van der Waals surface area (Å²) >= 11 is 1.33. The van der Waals surface area contributed by atoms with Crippen molar-refractivity contribution in [3.8, 4) is 17.0 Å². The van der Waals surface area contributed by atoms with E-state index in [0.717, 1.165) is 23.1 Å². The van der Waals surface area contributed by atoms with Crippen LogP contribution in [0.2, 0.25) is 0 Å². The van der Waals surface area contributed by atoms with Gasteiger partial charge in [-0.15, -0.1) is 11.3 Å². The van der Waals surface area contributed by atoms with Gasteiger partial charge < -0.3 is 10.1 Å². The van der Waals surface area contributed by atoms with Crippen LogP contribution in [0, 0.1) is 0 Å². The number of anilines is 2. The highest BCUT2D eigenvalue weighted by atomic mass is 32.2. The smallest absolute Gasteiger partial charge is 0.230 e. The molecule has 3 rings (SSSR count). The Morgan fingerprint density at radius 3 is 2.41 bits per heavy atom. The molecule has 2 N–H and O–H groups in total. The molecule has 0 spiro atoms. The molecule has 7 nitrogen and oxygen atoms in total. The van der Waals surface area contributed by atoms with Gasteiger partial charge in [-0.2, -0.15) is 0 Å². The van der Waals surface area contributed by atoms with Crippen LogP contribution in [0.5, 0.6) is 5.75 Å². The third-order valence-corrected chi connectivity index (χ3v) is 5.20. The molecule has 0 atom stereocenters. The Kier molecular flexibility index (Phi) is 6.50. The normalized spacial score (nSPS) is 11.1. The number of benzene rings is 2. The summed E-state index contributed by atoms with van der Waals surface area (Å²) in [6, 6.07) is 14.3. The van der Waals surface area contributed by atoms with Gasteiger partial charge >= 0.3 is 0 Å². The number of rotatable bonds is 8. The molecular formula is C20H21N3O4S2. The first-order valence-electron chi connectivity index (χ1n) is 8.88. The van der Waals surface area contributed by atoms with E-state index in [1.165, 1.54) is 11.3 Å². The molecule has 1 heterocycles. The van der Waals surface area contributed by atoms with Crippen LogP contribution in [-0.4, -0.2) is 32.2 Å². The molecule has 0 saturated heterocycles. The van der Waals surface area contributed by atoms with Crippen LogP contribution in [0.25, 0.3) is 11.3 Å². The Morgan fingerprint density at radius 2 is 1.79 bits per heavy atom. The minimum atomic E-state index is -3.31. The van der Waals surface area contributed by atoms with Crippen molar-refractivity contribution in [2.24, 2.45) is 0 Å². The van der Waals surface area contributed by atoms with Gasteiger partial charge in [-0.3, -0.25) is 9.52 Å². The Morgan fingerprint density at radius 1 is 1.10 bits per heavy atom. The molecule has 0 aliphatic rings. The minimum Gasteiger partial charge on any atom is -0.494 e. The molecule has 3 aromatic rings. The monoisotopic (exact) mass is 431 g/mol. The van der Waals surface area contributed by atoms with Gasteiger partial charge in [-0.05, 0) is 36.8 Å². The maximum atomic E-state index is 12.3. The van der Waals surface area contributed by atoms with Crippen molar-refractivity contribution in [3.63, 3.8) is 0 Å². The van der Waals surface area contributed by atoms with Crippen molar-refractivity contribution in [1.82, 2.24) is 4.98 Å². The van der Waals surface area contributed by atoms with Crippen molar-refractivity contribution in [2.45, 2.75) is 13.3 Å². The van der Waals surface area contributed by atoms with E-state index in [1.54, 1.807) is 24.3 Å². The first-order chi connectivity index (χ1) is 13.8. The molecule has 0 bridgehead atoms. The lowest BCUT2D eigenvalue weighted by atomic mass is 10.1. The summed E-state index contributed by atoms with van der Waals surface area (Å²) in [4.78, 5) is 16.7. The molecular weight excluding hydrogens is 410 g/mol. The zero-order valence-electron chi connectivity index (χ0n) is 16.0. The van der Waals surface area contributed by atoms with Crippen molar-refractivity contribution in [1.29, 1.82) is 0 Å². The number of ether oxygens (including phenoxy) is 1. The molecule has 1 aromatic heterocycles. The predicted octanol–water partition coefficient (Wildman–Crippen LogP) is 3.76. The van der Waals surface area contributed by atoms with E-state index in [4.69, 9.17) is 4.74 Å². The zero-order chi connectivity index (χ0) is 20.9. The Bertz CT molecular complexity index is 1080. The largest absolute Gasteiger partial charge is 0.494 e. The molecule has 0 fully saturated rings. The van der Waals surface area contributed by atoms with Crippen LogP contribution in [0.3, 0.4) is 0 Å². The number of aromatic nitrogens is 1. The highest BCUT2D eigenvalue weighted by Crippen LogP contribution is 2.26. The summed E-state index contributed by atoms with van der Waals surface area (Å²) in [5.74, 6) is 0.627. The van der Waals surface area contributed by atoms with Crippen LogP contribution < -0.4 is 14.8 Å². The van der Waals surface area contributed by atoms with Gasteiger partial charge in [-0.1, -0.05) is 24.3 Å². The molecule has 1 amide bonds. The van der Waals surface area contributed by atoms with E-state index in [9.17, 15) is 13.2 Å². The average molecular weight is 432 g/mol. The van der Waals surface area contributed by atoms with Crippen molar-refractivity contribution >= 4 is 38.1 Å². The number of carbonyl (C=O) groups excluding carboxylic acids is 1. The summed E-state index contributed by atoms with van der Waals surface area (Å²) in [5, 5.41) is 5.16. The lowest BCUT2D eigenvalue weighted by Gasteiger charge is -2.05. The third-order valence-electron chi connectivity index (χ3n) is 3.83. The molecule has 0 saturated carbocycles. The van der Waals surface area contributed by atoms with E-state index in [1.807, 2.05) is 36.6 Å². The van der Waals surface area contributed by atoms with E-state index in [0.29, 0.717) is 23.1 Å². The number of thiazole rings is 1. The second-order valence-electron chi connectivity index (χ2n) is 6.29. The molecule has 2 aromatic carbocycles. The van der Waals surface area contributed by atoms with Crippen LogP contribution in [0.4, 0.5) is 10.8 Å². The van der Waals surface area contributed by atoms with E-state index in [2.05, 4.69) is 15.0 Å². The zero-order valence-corrected chi connectivity index (χ0v) is 17.6. The lowest BCUT2D eigenvalue weighted by molar-refractivity contribution is -0.115. The maximum Gasteiger partial charge on any atom is 0.230 e. The number of sulfonamides is 1. The Labute approximate surface area is 173 Å². The van der Waals surface area contributed by atoms with Gasteiger partial charge in [0.1, 0.15) is 5.75 Å². The minimum absolute atomic E-state index is 0.150. The molecule has 0 radical (unpaired) electrons. The summed E-state index contributed by atoms with van der Waals surface area (Å²) in [6.07, 6.45) is 1.34. The van der Waals surface area contributed by atoms with Crippen LogP contribution in [0.1, 0.15) is 12.5 Å². The molecule has 152 valence electrons. The fourth-order valence-electron chi connectivity index (χ4n) is 2.61. The summed E-state index contributed by atoms with van der Waals surface area (Å²) in [6.45, 7) is 2.52. The Balaban J connectivity index is 1.60. The van der Waals surface area contributed by atoms with Gasteiger partial charge in [-0.25, -0.2) is 13.4 Å². The average Bonchev–Trinajstić information content (AvgIpc) is 3.11. The SMILES string of the molecule is CCOc1ccc(CC(=O)Nc2nc(-c3ccc(NS(C)(=O)=O)cc3)cs2)cc1. The van der Waals surface area contributed by atoms with E-state index >= 15 is 0 Å². The van der Waals surface area contributed by atoms with Crippen molar-refractivity contribution in [2.75, 3.05) is 22.9 Å². The number of nitrogens with zero attached hydrogens (tertiary/aromatic N) is 1. The quantitative estimate of drug-likeness (QED) is 0.566. The standard InChI is InChI=1S/C20H21N3O4S2/c1-3-27-17-10-4-14(5-11-17)12-19(24)22-20-21-18(13-28-20)15-6-8-16(9-7-15)23-29(2,25)26/h4-11,13,23H,3,12H2,1-2H3,(H,21,22,24). The van der Waals surface area contributed by atoms with Crippen LogP contribution in [0.15, 0.2) is 53.9 Å². The topological polar surface area (TPSA) is 97.4 Å². The maximum absolute atomic E-state index is 12.3. The number of amides is 1. The summed E-state index contributed by atoms with van der Waals surface area (Å²) < 4.78 is 30.3. The van der Waals surface area contributed by atoms with Gasteiger partial charge in [0.25, 0.3) is 0 Å². The highest BCUT2D eigenvalue weighted by Gasteiger charge is 2.10. The van der Waals surface area contributed by atoms with Gasteiger partial charge in [0.2, 0.25) is 15.9 Å². The number of hydrogen-bond donors (Lipinski definition) is 2. The predicted molar refractivity (Wildman–Crippen MR) is 116 cm³/mol. The van der Waals surface area contributed by atoms with Gasteiger partial charge in [0.05, 0.1) is 25.0 Å². The fourth-order valence-corrected chi connectivity index (χ4v) is 3.91. The Hall–Kier alpha value is -2.91. The van der Waals surface area contributed by atoms with E-state index in [-0.39, 0.29) is 12.3 Å². The molecule has 9 heteroatoms. The highest BCUT2D eigenvalue weighted by molar-refractivity contribution is 7.92. The number of hydrogen-bond acceptors (Lipinski definition) is 6. The summed E-state index contributed by atoms with van der Waals surface area (Å²) in [7, 11) is -3.31. The number of carbonyl (C=O) groups is 1. The lowest BCUT2D eigenvalue weighted by Crippen LogP contribution is -2.14. The molecule has 0 aliphatic heterocycles. The first kappa shape index (κ1) is 20.8. The number of nitrogens with one attached hydrogen (secondary N) is 2. The second-order valence-corrected chi connectivity index (χ2v) is 8.90. The van der Waals surface area contributed by atoms with Gasteiger partial charge in [0, 0.05) is 16.6 Å². The summed E-state index contributed by atoms with van der Waals surface area (Å²) in [5.41, 5.74) is 2.90. The first-order valence-corrected chi connectivity index (χ1v) is 11.6. The molecule has 29 heavy (non-hydrogen) atoms. The molecule has 0 aliphatic carbocycles. The van der Waals surface area contributed by atoms with E-state index < -0.39 is 10.0 Å². The fraction of sp³-hybridized carbons (Fsp3) is 0.200. The van der Waals surface area contributed by atoms with Crippen LogP contribution >= 0.6 is 11.3 Å². The van der Waals surface area contributed by atoms with Crippen molar-refractivity contribution < 1.29 is 17.9 Å².